The summed E-state index contributed by atoms with van der Waals surface area (Å²) in [4.78, 5) is 35.6. The minimum Gasteiger partial charge on any atom is -0.462 e. The molecule has 0 aliphatic heterocycles. The highest BCUT2D eigenvalue weighted by atomic mass is 31.2. The third-order valence-electron chi connectivity index (χ3n) is 11.8. The first-order valence-electron chi connectivity index (χ1n) is 27.7. The van der Waals surface area contributed by atoms with Crippen molar-refractivity contribution in [2.75, 3.05) is 47.5 Å². The van der Waals surface area contributed by atoms with Crippen LogP contribution in [0.15, 0.2) is 72.9 Å². The fraction of sp³-hybridized carbons (Fsp3) is 0.759. The number of unbranched alkanes of at least 4 members (excludes halogenated alkanes) is 24. The number of carbonyl (C=O) groups excluding carboxylic acids is 2. The first-order valence-corrected chi connectivity index (χ1v) is 29.2. The Morgan fingerprint density at radius 3 is 1.25 bits per heavy atom. The van der Waals surface area contributed by atoms with Gasteiger partial charge in [-0.2, -0.15) is 0 Å². The summed E-state index contributed by atoms with van der Waals surface area (Å²) in [7, 11) is 1.44. The van der Waals surface area contributed by atoms with Crippen molar-refractivity contribution in [1.29, 1.82) is 0 Å². The van der Waals surface area contributed by atoms with Gasteiger partial charge in [0, 0.05) is 12.8 Å². The van der Waals surface area contributed by atoms with Crippen LogP contribution in [0.2, 0.25) is 0 Å². The Balaban J connectivity index is 4.26. The predicted molar refractivity (Wildman–Crippen MR) is 289 cm³/mol. The number of allylic oxidation sites excluding steroid dienone is 12. The first kappa shape index (κ1) is 65.5. The Morgan fingerprint density at radius 1 is 0.471 bits per heavy atom. The smallest absolute Gasteiger partial charge is 0.462 e. The molecule has 0 fully saturated rings. The molecule has 0 aliphatic rings. The lowest BCUT2D eigenvalue weighted by molar-refractivity contribution is -0.870. The van der Waals surface area contributed by atoms with E-state index in [1.54, 1.807) is 0 Å². The molecular weight excluding hydrogens is 870 g/mol. The zero-order valence-electron chi connectivity index (χ0n) is 44.6. The Bertz CT molecular complexity index is 1380. The molecule has 0 aromatic rings. The standard InChI is InChI=1S/C58H104NO8P/c1-6-8-10-12-14-16-18-20-22-24-26-28-29-31-32-34-36-38-40-42-44-46-48-50-57(60)64-54-56(55-66-68(62,63)65-53-52-59(3,4)5)67-58(61)51-49-47-45-43-41-39-37-35-33-30-27-25-23-21-19-17-15-13-11-9-7-2/h9,11,15,17,21,23,27,30,35,37,41,43,56H,6-8,10,12-14,16,18-20,22,24-26,28-29,31-34,36,38-40,42,44-55H2,1-5H3/p+1/b11-9-,17-15-,23-21-,30-27-,37-35-,43-41-. The molecule has 0 aromatic heterocycles. The normalized spacial score (nSPS) is 13.9. The van der Waals surface area contributed by atoms with E-state index in [0.717, 1.165) is 70.6 Å². The molecule has 9 nitrogen and oxygen atoms in total. The van der Waals surface area contributed by atoms with Gasteiger partial charge < -0.3 is 18.9 Å². The SMILES string of the molecule is CC/C=C\C/C=C\C/C=C\C/C=C\C/C=C\C/C=C\CCCCC(=O)OC(COC(=O)CCCCCCCCCCCCCCCCCCCCCCCCC)COP(=O)(O)OCC[N+](C)(C)C. The number of phosphoric acid groups is 1. The van der Waals surface area contributed by atoms with E-state index in [-0.39, 0.29) is 32.0 Å². The fourth-order valence-electron chi connectivity index (χ4n) is 7.49. The zero-order chi connectivity index (χ0) is 49.9. The van der Waals surface area contributed by atoms with Crippen molar-refractivity contribution in [3.63, 3.8) is 0 Å². The maximum atomic E-state index is 12.8. The highest BCUT2D eigenvalue weighted by molar-refractivity contribution is 7.47. The van der Waals surface area contributed by atoms with E-state index in [2.05, 4.69) is 86.8 Å². The molecule has 0 aliphatic carbocycles. The van der Waals surface area contributed by atoms with Gasteiger partial charge in [-0.05, 0) is 64.2 Å². The molecule has 0 rings (SSSR count). The van der Waals surface area contributed by atoms with Gasteiger partial charge in [0.15, 0.2) is 6.10 Å². The van der Waals surface area contributed by atoms with Gasteiger partial charge in [0.25, 0.3) is 0 Å². The van der Waals surface area contributed by atoms with Crippen LogP contribution >= 0.6 is 7.82 Å². The molecule has 0 aromatic carbocycles. The molecule has 0 saturated carbocycles. The van der Waals surface area contributed by atoms with Crippen molar-refractivity contribution < 1.29 is 42.1 Å². The number of ether oxygens (including phenoxy) is 2. The molecule has 2 unspecified atom stereocenters. The first-order chi connectivity index (χ1) is 33.0. The number of rotatable bonds is 50. The van der Waals surface area contributed by atoms with Gasteiger partial charge in [0.05, 0.1) is 27.7 Å². The quantitative estimate of drug-likeness (QED) is 0.0211. The van der Waals surface area contributed by atoms with Crippen molar-refractivity contribution in [2.45, 2.75) is 238 Å². The molecule has 10 heteroatoms. The van der Waals surface area contributed by atoms with E-state index in [4.69, 9.17) is 18.5 Å². The molecule has 0 heterocycles. The van der Waals surface area contributed by atoms with Crippen molar-refractivity contribution in [1.82, 2.24) is 0 Å². The summed E-state index contributed by atoms with van der Waals surface area (Å²) in [5.74, 6) is -0.844. The van der Waals surface area contributed by atoms with Crippen LogP contribution in [0.5, 0.6) is 0 Å². The van der Waals surface area contributed by atoms with Crippen LogP contribution in [-0.2, 0) is 32.7 Å². The Hall–Kier alpha value is -2.55. The number of esters is 2. The number of phosphoric ester groups is 1. The summed E-state index contributed by atoms with van der Waals surface area (Å²) >= 11 is 0. The van der Waals surface area contributed by atoms with E-state index < -0.39 is 26.5 Å². The van der Waals surface area contributed by atoms with Crippen LogP contribution in [0.25, 0.3) is 0 Å². The summed E-state index contributed by atoms with van der Waals surface area (Å²) in [6.07, 6.45) is 64.0. The van der Waals surface area contributed by atoms with Crippen LogP contribution in [0, 0.1) is 0 Å². The minimum absolute atomic E-state index is 0.0209. The number of likely N-dealkylation sites (N-methyl/N-ethyl adjacent to an activating group) is 1. The molecule has 0 spiro atoms. The van der Waals surface area contributed by atoms with Gasteiger partial charge in [0.2, 0.25) is 0 Å². The topological polar surface area (TPSA) is 108 Å². The summed E-state index contributed by atoms with van der Waals surface area (Å²) in [6, 6.07) is 0. The van der Waals surface area contributed by atoms with Crippen LogP contribution in [0.1, 0.15) is 232 Å². The number of carbonyl (C=O) groups is 2. The van der Waals surface area contributed by atoms with Gasteiger partial charge in [-0.15, -0.1) is 0 Å². The minimum atomic E-state index is -4.40. The van der Waals surface area contributed by atoms with Crippen molar-refractivity contribution in [3.8, 4) is 0 Å². The molecular formula is C58H105NO8P+. The van der Waals surface area contributed by atoms with E-state index in [1.807, 2.05) is 21.1 Å². The molecule has 394 valence electrons. The monoisotopic (exact) mass is 975 g/mol. The third kappa shape index (κ3) is 52.8. The summed E-state index contributed by atoms with van der Waals surface area (Å²) < 4.78 is 34.5. The Morgan fingerprint density at radius 2 is 0.838 bits per heavy atom. The van der Waals surface area contributed by atoms with E-state index >= 15 is 0 Å². The third-order valence-corrected chi connectivity index (χ3v) is 12.7. The molecule has 0 radical (unpaired) electrons. The van der Waals surface area contributed by atoms with Crippen LogP contribution in [0.4, 0.5) is 0 Å². The molecule has 1 N–H and O–H groups in total. The van der Waals surface area contributed by atoms with Gasteiger partial charge in [-0.1, -0.05) is 228 Å². The Labute approximate surface area is 418 Å². The summed E-state index contributed by atoms with van der Waals surface area (Å²) in [6.45, 7) is 4.29. The summed E-state index contributed by atoms with van der Waals surface area (Å²) in [5.41, 5.74) is 0. The van der Waals surface area contributed by atoms with Gasteiger partial charge in [-0.3, -0.25) is 18.6 Å². The van der Waals surface area contributed by atoms with Gasteiger partial charge in [0.1, 0.15) is 19.8 Å². The summed E-state index contributed by atoms with van der Waals surface area (Å²) in [5, 5.41) is 0. The highest BCUT2D eigenvalue weighted by Gasteiger charge is 2.27. The van der Waals surface area contributed by atoms with Crippen molar-refractivity contribution in [3.05, 3.63) is 72.9 Å². The average molecular weight is 975 g/mol. The maximum Gasteiger partial charge on any atom is 0.472 e. The molecule has 68 heavy (non-hydrogen) atoms. The lowest BCUT2D eigenvalue weighted by Gasteiger charge is -2.24. The van der Waals surface area contributed by atoms with Crippen molar-refractivity contribution in [2.24, 2.45) is 0 Å². The largest absolute Gasteiger partial charge is 0.472 e. The highest BCUT2D eigenvalue weighted by Crippen LogP contribution is 2.43. The second-order valence-electron chi connectivity index (χ2n) is 19.6. The van der Waals surface area contributed by atoms with E-state index in [1.165, 1.54) is 128 Å². The second-order valence-corrected chi connectivity index (χ2v) is 21.0. The predicted octanol–water partition coefficient (Wildman–Crippen LogP) is 16.9. The lowest BCUT2D eigenvalue weighted by atomic mass is 10.0. The second kappa shape index (κ2) is 49.4. The zero-order valence-corrected chi connectivity index (χ0v) is 45.5. The fourth-order valence-corrected chi connectivity index (χ4v) is 8.23. The number of hydrogen-bond acceptors (Lipinski definition) is 7. The lowest BCUT2D eigenvalue weighted by Crippen LogP contribution is -2.37. The number of hydrogen-bond donors (Lipinski definition) is 1. The average Bonchev–Trinajstić information content (AvgIpc) is 3.30. The van der Waals surface area contributed by atoms with Gasteiger partial charge in [-0.25, -0.2) is 4.57 Å². The van der Waals surface area contributed by atoms with Crippen LogP contribution in [-0.4, -0.2) is 74.9 Å². The van der Waals surface area contributed by atoms with E-state index in [0.29, 0.717) is 17.4 Å². The number of nitrogens with zero attached hydrogens (tertiary/aromatic N) is 1. The van der Waals surface area contributed by atoms with Crippen LogP contribution < -0.4 is 0 Å². The number of quaternary nitrogens is 1. The molecule has 2 atom stereocenters. The maximum absolute atomic E-state index is 12.8. The van der Waals surface area contributed by atoms with E-state index in [9.17, 15) is 19.0 Å². The van der Waals surface area contributed by atoms with Crippen LogP contribution in [0.3, 0.4) is 0 Å². The van der Waals surface area contributed by atoms with Crippen molar-refractivity contribution >= 4 is 19.8 Å². The molecule has 0 amide bonds. The van der Waals surface area contributed by atoms with Gasteiger partial charge >= 0.3 is 19.8 Å². The molecule has 0 saturated heterocycles. The molecule has 0 bridgehead atoms. The Kier molecular flexibility index (Phi) is 47.6.